The van der Waals surface area contributed by atoms with Crippen molar-refractivity contribution in [1.82, 2.24) is 4.90 Å². The first-order valence-corrected chi connectivity index (χ1v) is 12.0. The molecular weight excluding hydrogens is 458 g/mol. The van der Waals surface area contributed by atoms with E-state index in [0.717, 1.165) is 16.7 Å². The molecule has 3 heterocycles. The number of hydrogen-bond acceptors (Lipinski definition) is 6. The Bertz CT molecular complexity index is 1500. The van der Waals surface area contributed by atoms with Gasteiger partial charge in [-0.25, -0.2) is 0 Å². The lowest BCUT2D eigenvalue weighted by Gasteiger charge is -2.25. The number of carbonyl (C=O) groups is 1. The van der Waals surface area contributed by atoms with Gasteiger partial charge in [0.1, 0.15) is 11.3 Å². The predicted octanol–water partition coefficient (Wildman–Crippen LogP) is 5.79. The molecule has 1 unspecified atom stereocenters. The van der Waals surface area contributed by atoms with E-state index in [4.69, 9.17) is 18.3 Å². The number of fused-ring (bicyclic) bond motifs is 2. The van der Waals surface area contributed by atoms with Gasteiger partial charge in [-0.1, -0.05) is 19.9 Å². The second-order valence-electron chi connectivity index (χ2n) is 9.64. The highest BCUT2D eigenvalue weighted by Gasteiger charge is 2.43. The van der Waals surface area contributed by atoms with E-state index in [1.165, 1.54) is 0 Å². The zero-order valence-electron chi connectivity index (χ0n) is 21.1. The van der Waals surface area contributed by atoms with Crippen molar-refractivity contribution in [3.63, 3.8) is 0 Å². The average Bonchev–Trinajstić information content (AvgIpc) is 3.46. The molecule has 1 atom stereocenters. The van der Waals surface area contributed by atoms with Crippen LogP contribution in [0.5, 0.6) is 11.5 Å². The zero-order valence-corrected chi connectivity index (χ0v) is 21.1. The monoisotopic (exact) mass is 487 g/mol. The van der Waals surface area contributed by atoms with Gasteiger partial charge in [0.2, 0.25) is 5.76 Å². The average molecular weight is 488 g/mol. The van der Waals surface area contributed by atoms with Crippen molar-refractivity contribution in [2.24, 2.45) is 5.92 Å². The van der Waals surface area contributed by atoms with Gasteiger partial charge in [-0.2, -0.15) is 0 Å². The van der Waals surface area contributed by atoms with Gasteiger partial charge in [-0.3, -0.25) is 9.59 Å². The minimum atomic E-state index is -0.673. The van der Waals surface area contributed by atoms with Gasteiger partial charge in [0.15, 0.2) is 16.9 Å². The topological polar surface area (TPSA) is 82.1 Å². The summed E-state index contributed by atoms with van der Waals surface area (Å²) >= 11 is 0. The van der Waals surface area contributed by atoms with Crippen molar-refractivity contribution < 1.29 is 23.1 Å². The fraction of sp³-hybridized carbons (Fsp3) is 0.310. The van der Waals surface area contributed by atoms with Crippen molar-refractivity contribution in [2.75, 3.05) is 13.7 Å². The van der Waals surface area contributed by atoms with E-state index in [9.17, 15) is 9.59 Å². The highest BCUT2D eigenvalue weighted by molar-refractivity contribution is 5.99. The van der Waals surface area contributed by atoms with Crippen LogP contribution in [0, 0.1) is 19.8 Å². The Morgan fingerprint density at radius 2 is 1.81 bits per heavy atom. The Morgan fingerprint density at radius 1 is 1.03 bits per heavy atom. The summed E-state index contributed by atoms with van der Waals surface area (Å²) in [5.74, 6) is 1.79. The van der Waals surface area contributed by atoms with E-state index >= 15 is 0 Å². The number of aryl methyl sites for hydroxylation is 2. The highest BCUT2D eigenvalue weighted by atomic mass is 16.5. The van der Waals surface area contributed by atoms with E-state index in [0.29, 0.717) is 46.3 Å². The molecule has 7 nitrogen and oxygen atoms in total. The summed E-state index contributed by atoms with van der Waals surface area (Å²) in [5, 5.41) is 0.457. The molecule has 0 N–H and O–H groups in total. The van der Waals surface area contributed by atoms with Gasteiger partial charge < -0.3 is 23.2 Å². The van der Waals surface area contributed by atoms with Crippen molar-refractivity contribution in [1.29, 1.82) is 0 Å². The van der Waals surface area contributed by atoms with Crippen LogP contribution in [0.15, 0.2) is 62.4 Å². The van der Waals surface area contributed by atoms with Crippen LogP contribution in [0.1, 0.15) is 58.5 Å². The standard InChI is InChI=1S/C29H29NO6/c1-16(2)15-35-22-9-8-19(13-24(22)33-5)26-25-27(31)21-11-17(3)18(4)12-23(21)36-28(25)29(32)30(26)14-20-7-6-10-34-20/h6-13,16,26H,14-15H2,1-5H3. The Kier molecular flexibility index (Phi) is 6.08. The van der Waals surface area contributed by atoms with E-state index < -0.39 is 6.04 Å². The largest absolute Gasteiger partial charge is 0.493 e. The van der Waals surface area contributed by atoms with Crippen LogP contribution in [0.3, 0.4) is 0 Å². The molecule has 0 saturated heterocycles. The number of ether oxygens (including phenoxy) is 2. The molecule has 0 saturated carbocycles. The SMILES string of the molecule is COc1cc(C2c3c(oc4cc(C)c(C)cc4c3=O)C(=O)N2Cc2ccco2)ccc1OCC(C)C. The lowest BCUT2D eigenvalue weighted by molar-refractivity contribution is 0.0701. The normalized spacial score (nSPS) is 15.1. The molecule has 0 fully saturated rings. The number of benzene rings is 2. The third kappa shape index (κ3) is 4.04. The van der Waals surface area contributed by atoms with Crippen LogP contribution in [0.2, 0.25) is 0 Å². The molecule has 1 aliphatic heterocycles. The smallest absolute Gasteiger partial charge is 0.291 e. The molecule has 186 valence electrons. The fourth-order valence-corrected chi connectivity index (χ4v) is 4.59. The number of furan rings is 1. The summed E-state index contributed by atoms with van der Waals surface area (Å²) < 4.78 is 23.2. The van der Waals surface area contributed by atoms with Gasteiger partial charge in [-0.05, 0) is 72.9 Å². The van der Waals surface area contributed by atoms with Crippen LogP contribution >= 0.6 is 0 Å². The Morgan fingerprint density at radius 3 is 2.50 bits per heavy atom. The minimum Gasteiger partial charge on any atom is -0.493 e. The van der Waals surface area contributed by atoms with E-state index in [1.807, 2.05) is 44.2 Å². The summed E-state index contributed by atoms with van der Waals surface area (Å²) in [6.45, 7) is 8.77. The van der Waals surface area contributed by atoms with Crippen LogP contribution in [0.4, 0.5) is 0 Å². The maximum Gasteiger partial charge on any atom is 0.291 e. The number of rotatable bonds is 7. The van der Waals surface area contributed by atoms with E-state index in [-0.39, 0.29) is 23.6 Å². The fourth-order valence-electron chi connectivity index (χ4n) is 4.59. The molecule has 4 aromatic rings. The molecule has 7 heteroatoms. The number of methoxy groups -OCH3 is 1. The third-order valence-electron chi connectivity index (χ3n) is 6.56. The maximum absolute atomic E-state index is 13.8. The molecule has 0 bridgehead atoms. The van der Waals surface area contributed by atoms with Gasteiger partial charge in [0.05, 0.1) is 43.5 Å². The zero-order chi connectivity index (χ0) is 25.6. The first kappa shape index (κ1) is 23.7. The highest BCUT2D eigenvalue weighted by Crippen LogP contribution is 2.42. The van der Waals surface area contributed by atoms with Crippen molar-refractivity contribution in [3.8, 4) is 11.5 Å². The lowest BCUT2D eigenvalue weighted by atomic mass is 9.97. The predicted molar refractivity (Wildman–Crippen MR) is 136 cm³/mol. The maximum atomic E-state index is 13.8. The van der Waals surface area contributed by atoms with Crippen LogP contribution in [-0.2, 0) is 6.54 Å². The summed E-state index contributed by atoms with van der Waals surface area (Å²) in [4.78, 5) is 29.1. The van der Waals surface area contributed by atoms with Gasteiger partial charge >= 0.3 is 0 Å². The Labute approximate surface area is 209 Å². The minimum absolute atomic E-state index is 0.0615. The molecule has 2 aromatic heterocycles. The van der Waals surface area contributed by atoms with Crippen molar-refractivity contribution in [3.05, 3.63) is 92.7 Å². The Hall–Kier alpha value is -4.00. The van der Waals surface area contributed by atoms with Crippen molar-refractivity contribution >= 4 is 16.9 Å². The first-order valence-electron chi connectivity index (χ1n) is 12.0. The summed E-state index contributed by atoms with van der Waals surface area (Å²) in [6.07, 6.45) is 1.56. The molecule has 1 aliphatic rings. The van der Waals surface area contributed by atoms with Gasteiger partial charge in [0, 0.05) is 0 Å². The molecule has 5 rings (SSSR count). The number of amides is 1. The number of nitrogens with zero attached hydrogens (tertiary/aromatic N) is 1. The molecule has 2 aromatic carbocycles. The lowest BCUT2D eigenvalue weighted by Crippen LogP contribution is -2.29. The summed E-state index contributed by atoms with van der Waals surface area (Å²) in [6, 6.07) is 12.0. The first-order chi connectivity index (χ1) is 17.3. The summed E-state index contributed by atoms with van der Waals surface area (Å²) in [7, 11) is 1.57. The van der Waals surface area contributed by atoms with Crippen molar-refractivity contribution in [2.45, 2.75) is 40.3 Å². The molecular formula is C29H29NO6. The summed E-state index contributed by atoms with van der Waals surface area (Å²) in [5.41, 5.74) is 3.20. The number of carbonyl (C=O) groups excluding carboxylic acids is 1. The second-order valence-corrected chi connectivity index (χ2v) is 9.64. The van der Waals surface area contributed by atoms with Crippen LogP contribution in [0.25, 0.3) is 11.0 Å². The van der Waals surface area contributed by atoms with Gasteiger partial charge in [0.25, 0.3) is 5.91 Å². The van der Waals surface area contributed by atoms with Gasteiger partial charge in [-0.15, -0.1) is 0 Å². The quantitative estimate of drug-likeness (QED) is 0.328. The second kappa shape index (κ2) is 9.22. The number of hydrogen-bond donors (Lipinski definition) is 0. The molecule has 0 spiro atoms. The van der Waals surface area contributed by atoms with E-state index in [2.05, 4.69) is 13.8 Å². The van der Waals surface area contributed by atoms with E-state index in [1.54, 1.807) is 30.4 Å². The third-order valence-corrected chi connectivity index (χ3v) is 6.56. The van der Waals surface area contributed by atoms with Crippen LogP contribution in [-0.4, -0.2) is 24.5 Å². The molecule has 1 amide bonds. The van der Waals surface area contributed by atoms with Crippen LogP contribution < -0.4 is 14.9 Å². The Balaban J connectivity index is 1.69. The molecule has 0 radical (unpaired) electrons. The molecule has 0 aliphatic carbocycles. The molecule has 36 heavy (non-hydrogen) atoms.